The molecule has 6 N–H and O–H groups in total. The van der Waals surface area contributed by atoms with Crippen molar-refractivity contribution in [1.29, 1.82) is 0 Å². The molecule has 1 amide bonds. The molecule has 4 aromatic rings. The van der Waals surface area contributed by atoms with Crippen LogP contribution in [0.5, 0.6) is 0 Å². The standard InChI is InChI=1S/C27H27N5O2/c1-18-14-20(17-34-16-19-6-3-2-4-7-19)10-12-24(18)31-27(33)22-9-5-8-21(15-22)25-13-11-23(28)26(30-25)32-29/h2-15H,16-17,28-29H2,1H3,(H,30,32)(H,31,33). The molecule has 0 saturated carbocycles. The monoisotopic (exact) mass is 453 g/mol. The van der Waals surface area contributed by atoms with E-state index >= 15 is 0 Å². The van der Waals surface area contributed by atoms with E-state index in [0.29, 0.717) is 36.0 Å². The van der Waals surface area contributed by atoms with E-state index in [2.05, 4.69) is 15.7 Å². The lowest BCUT2D eigenvalue weighted by atomic mass is 10.1. The van der Waals surface area contributed by atoms with Gasteiger partial charge in [-0.05, 0) is 53.9 Å². The number of hydrogen-bond donors (Lipinski definition) is 4. The van der Waals surface area contributed by atoms with Crippen molar-refractivity contribution in [3.8, 4) is 11.3 Å². The van der Waals surface area contributed by atoms with Crippen LogP contribution in [0.1, 0.15) is 27.0 Å². The van der Waals surface area contributed by atoms with Crippen molar-refractivity contribution in [2.24, 2.45) is 5.84 Å². The largest absolute Gasteiger partial charge is 0.396 e. The van der Waals surface area contributed by atoms with Gasteiger partial charge in [0.25, 0.3) is 5.91 Å². The van der Waals surface area contributed by atoms with Crippen molar-refractivity contribution in [2.45, 2.75) is 20.1 Å². The molecule has 0 aliphatic rings. The number of nitrogen functional groups attached to an aromatic ring is 2. The fourth-order valence-corrected chi connectivity index (χ4v) is 3.58. The van der Waals surface area contributed by atoms with Crippen molar-refractivity contribution >= 4 is 23.1 Å². The third-order valence-electron chi connectivity index (χ3n) is 5.40. The Kier molecular flexibility index (Phi) is 7.17. The summed E-state index contributed by atoms with van der Waals surface area (Å²) in [6.45, 7) is 3.02. The molecule has 1 heterocycles. The number of aromatic nitrogens is 1. The van der Waals surface area contributed by atoms with E-state index in [9.17, 15) is 4.79 Å². The maximum Gasteiger partial charge on any atom is 0.255 e. The van der Waals surface area contributed by atoms with E-state index in [4.69, 9.17) is 16.3 Å². The molecule has 0 aliphatic heterocycles. The van der Waals surface area contributed by atoms with E-state index in [-0.39, 0.29) is 5.91 Å². The van der Waals surface area contributed by atoms with Crippen LogP contribution in [0.25, 0.3) is 11.3 Å². The summed E-state index contributed by atoms with van der Waals surface area (Å²) in [6.07, 6.45) is 0. The number of anilines is 3. The van der Waals surface area contributed by atoms with Gasteiger partial charge in [-0.1, -0.05) is 54.6 Å². The van der Waals surface area contributed by atoms with Gasteiger partial charge >= 0.3 is 0 Å². The number of pyridine rings is 1. The molecule has 7 heteroatoms. The summed E-state index contributed by atoms with van der Waals surface area (Å²) < 4.78 is 5.82. The highest BCUT2D eigenvalue weighted by Gasteiger charge is 2.11. The first-order valence-electron chi connectivity index (χ1n) is 10.9. The van der Waals surface area contributed by atoms with Gasteiger partial charge in [-0.25, -0.2) is 10.8 Å². The van der Waals surface area contributed by atoms with E-state index in [1.165, 1.54) is 0 Å². The molecule has 172 valence electrons. The van der Waals surface area contributed by atoms with Crippen LogP contribution in [0.15, 0.2) is 84.9 Å². The Balaban J connectivity index is 1.42. The molecular formula is C27H27N5O2. The normalized spacial score (nSPS) is 10.6. The average molecular weight is 454 g/mol. The summed E-state index contributed by atoms with van der Waals surface area (Å²) in [5.74, 6) is 5.66. The highest BCUT2D eigenvalue weighted by Crippen LogP contribution is 2.24. The second kappa shape index (κ2) is 10.6. The van der Waals surface area contributed by atoms with Crippen LogP contribution in [0.4, 0.5) is 17.2 Å². The molecule has 7 nitrogen and oxygen atoms in total. The summed E-state index contributed by atoms with van der Waals surface area (Å²) in [5.41, 5.74) is 14.6. The minimum atomic E-state index is -0.203. The number of nitrogens with one attached hydrogen (secondary N) is 2. The number of nitrogens with two attached hydrogens (primary N) is 2. The van der Waals surface area contributed by atoms with Crippen molar-refractivity contribution in [3.63, 3.8) is 0 Å². The molecule has 0 aliphatic carbocycles. The topological polar surface area (TPSA) is 115 Å². The van der Waals surface area contributed by atoms with Crippen LogP contribution in [-0.4, -0.2) is 10.9 Å². The van der Waals surface area contributed by atoms with Crippen molar-refractivity contribution in [3.05, 3.63) is 107 Å². The number of hydrazine groups is 1. The molecule has 0 atom stereocenters. The zero-order chi connectivity index (χ0) is 23.9. The Hall–Kier alpha value is -4.20. The number of aryl methyl sites for hydroxylation is 1. The predicted molar refractivity (Wildman–Crippen MR) is 136 cm³/mol. The second-order valence-electron chi connectivity index (χ2n) is 7.94. The summed E-state index contributed by atoms with van der Waals surface area (Å²) in [6, 6.07) is 26.7. The van der Waals surface area contributed by atoms with Crippen LogP contribution in [0, 0.1) is 6.92 Å². The Labute approximate surface area is 198 Å². The Morgan fingerprint density at radius 3 is 2.47 bits per heavy atom. The molecule has 0 unspecified atom stereocenters. The summed E-state index contributed by atoms with van der Waals surface area (Å²) >= 11 is 0. The van der Waals surface area contributed by atoms with Crippen LogP contribution in [0.3, 0.4) is 0 Å². The zero-order valence-electron chi connectivity index (χ0n) is 18.9. The molecule has 3 aromatic carbocycles. The molecule has 1 aromatic heterocycles. The van der Waals surface area contributed by atoms with Gasteiger partial charge < -0.3 is 21.2 Å². The molecule has 0 spiro atoms. The second-order valence-corrected chi connectivity index (χ2v) is 7.94. The smallest absolute Gasteiger partial charge is 0.255 e. The van der Waals surface area contributed by atoms with Crippen LogP contribution in [0.2, 0.25) is 0 Å². The maximum absolute atomic E-state index is 12.9. The third kappa shape index (κ3) is 5.58. The molecule has 4 rings (SSSR count). The van der Waals surface area contributed by atoms with Crippen LogP contribution < -0.4 is 22.3 Å². The molecule has 0 saturated heterocycles. The SMILES string of the molecule is Cc1cc(COCc2ccccc2)ccc1NC(=O)c1cccc(-c2ccc(N)c(NN)n2)c1. The van der Waals surface area contributed by atoms with Gasteiger partial charge in [-0.2, -0.15) is 0 Å². The first-order chi connectivity index (χ1) is 16.5. The Bertz CT molecular complexity index is 1290. The maximum atomic E-state index is 12.9. The highest BCUT2D eigenvalue weighted by atomic mass is 16.5. The van der Waals surface area contributed by atoms with Crippen molar-refractivity contribution in [1.82, 2.24) is 4.98 Å². The van der Waals surface area contributed by atoms with E-state index in [1.807, 2.05) is 67.6 Å². The number of ether oxygens (including phenoxy) is 1. The van der Waals surface area contributed by atoms with Gasteiger partial charge in [-0.3, -0.25) is 4.79 Å². The van der Waals surface area contributed by atoms with Gasteiger partial charge in [0, 0.05) is 16.8 Å². The zero-order valence-corrected chi connectivity index (χ0v) is 18.9. The average Bonchev–Trinajstić information content (AvgIpc) is 2.86. The summed E-state index contributed by atoms with van der Waals surface area (Å²) in [5, 5.41) is 2.99. The van der Waals surface area contributed by atoms with Crippen LogP contribution in [-0.2, 0) is 18.0 Å². The lowest BCUT2D eigenvalue weighted by molar-refractivity contribution is 0.102. The number of amides is 1. The number of nitrogens with zero attached hydrogens (tertiary/aromatic N) is 1. The molecule has 0 fully saturated rings. The first-order valence-corrected chi connectivity index (χ1v) is 10.9. The van der Waals surface area contributed by atoms with Gasteiger partial charge in [0.2, 0.25) is 0 Å². The van der Waals surface area contributed by atoms with E-state index < -0.39 is 0 Å². The number of rotatable bonds is 8. The molecule has 0 radical (unpaired) electrons. The van der Waals surface area contributed by atoms with Crippen molar-refractivity contribution in [2.75, 3.05) is 16.5 Å². The van der Waals surface area contributed by atoms with E-state index in [1.54, 1.807) is 24.3 Å². The minimum absolute atomic E-state index is 0.203. The van der Waals surface area contributed by atoms with Gasteiger partial charge in [0.15, 0.2) is 5.82 Å². The first kappa shape index (κ1) is 23.0. The molecule has 34 heavy (non-hydrogen) atoms. The fraction of sp³-hybridized carbons (Fsp3) is 0.111. The Morgan fingerprint density at radius 1 is 0.912 bits per heavy atom. The van der Waals surface area contributed by atoms with Gasteiger partial charge in [-0.15, -0.1) is 0 Å². The fourth-order valence-electron chi connectivity index (χ4n) is 3.58. The molecule has 0 bridgehead atoms. The summed E-state index contributed by atoms with van der Waals surface area (Å²) in [7, 11) is 0. The van der Waals surface area contributed by atoms with Crippen LogP contribution >= 0.6 is 0 Å². The minimum Gasteiger partial charge on any atom is -0.396 e. The Morgan fingerprint density at radius 2 is 1.71 bits per heavy atom. The third-order valence-corrected chi connectivity index (χ3v) is 5.40. The molecular weight excluding hydrogens is 426 g/mol. The lowest BCUT2D eigenvalue weighted by Crippen LogP contribution is -2.13. The predicted octanol–water partition coefficient (Wildman–Crippen LogP) is 4.89. The summed E-state index contributed by atoms with van der Waals surface area (Å²) in [4.78, 5) is 17.3. The van der Waals surface area contributed by atoms with Gasteiger partial charge in [0.05, 0.1) is 24.6 Å². The lowest BCUT2D eigenvalue weighted by Gasteiger charge is -2.12. The van der Waals surface area contributed by atoms with Gasteiger partial charge in [0.1, 0.15) is 0 Å². The van der Waals surface area contributed by atoms with E-state index in [0.717, 1.165) is 27.9 Å². The highest BCUT2D eigenvalue weighted by molar-refractivity contribution is 6.05. The number of hydrogen-bond acceptors (Lipinski definition) is 6. The quantitative estimate of drug-likeness (QED) is 0.223. The van der Waals surface area contributed by atoms with Crippen molar-refractivity contribution < 1.29 is 9.53 Å². The number of carbonyl (C=O) groups excluding carboxylic acids is 1. The number of carbonyl (C=O) groups is 1. The number of benzene rings is 3.